The largest absolute Gasteiger partial charge is 0.312 e. The van der Waals surface area contributed by atoms with Crippen molar-refractivity contribution in [1.82, 2.24) is 4.98 Å². The van der Waals surface area contributed by atoms with Gasteiger partial charge in [-0.15, -0.1) is 11.3 Å². The zero-order chi connectivity index (χ0) is 22.8. The number of fused-ring (bicyclic) bond motifs is 1. The summed E-state index contributed by atoms with van der Waals surface area (Å²) in [6.45, 7) is 6.69. The molecule has 0 saturated carbocycles. The average Bonchev–Trinajstić information content (AvgIpc) is 3.27. The Labute approximate surface area is 193 Å². The molecule has 0 saturated heterocycles. The monoisotopic (exact) mass is 447 g/mol. The van der Waals surface area contributed by atoms with Crippen molar-refractivity contribution in [2.45, 2.75) is 40.0 Å². The Bertz CT molecular complexity index is 1150. The number of nitrogens with zero attached hydrogens (tertiary/aromatic N) is 3. The van der Waals surface area contributed by atoms with Gasteiger partial charge in [-0.1, -0.05) is 49.7 Å². The SMILES string of the molecule is Cc1cccc(CC(=O)N(C)c2nc(-c3ccc4c(c3)CCCN4C(=O)C(C)C)cs2)c1. The molecule has 0 atom stereocenters. The number of carbonyl (C=O) groups is 2. The maximum Gasteiger partial charge on any atom is 0.232 e. The number of carbonyl (C=O) groups excluding carboxylic acids is 2. The number of aromatic nitrogens is 1. The van der Waals surface area contributed by atoms with Crippen molar-refractivity contribution in [3.8, 4) is 11.3 Å². The van der Waals surface area contributed by atoms with Gasteiger partial charge in [-0.2, -0.15) is 0 Å². The molecule has 1 aliphatic heterocycles. The number of aryl methyl sites for hydroxylation is 2. The fourth-order valence-corrected chi connectivity index (χ4v) is 4.89. The maximum atomic E-state index is 12.8. The summed E-state index contributed by atoms with van der Waals surface area (Å²) in [5.41, 5.74) is 6.23. The Balaban J connectivity index is 1.52. The number of hydrogen-bond acceptors (Lipinski definition) is 4. The smallest absolute Gasteiger partial charge is 0.232 e. The first-order chi connectivity index (χ1) is 15.3. The third kappa shape index (κ3) is 4.60. The molecule has 0 unspecified atom stereocenters. The number of hydrogen-bond donors (Lipinski definition) is 0. The van der Waals surface area contributed by atoms with Gasteiger partial charge in [0, 0.05) is 36.1 Å². The summed E-state index contributed by atoms with van der Waals surface area (Å²) >= 11 is 1.47. The number of benzene rings is 2. The van der Waals surface area contributed by atoms with Gasteiger partial charge in [0.2, 0.25) is 11.8 Å². The molecule has 0 radical (unpaired) electrons. The third-order valence-corrected chi connectivity index (χ3v) is 6.76. The first-order valence-electron chi connectivity index (χ1n) is 11.1. The topological polar surface area (TPSA) is 53.5 Å². The molecule has 0 spiro atoms. The van der Waals surface area contributed by atoms with Gasteiger partial charge in [-0.3, -0.25) is 14.5 Å². The fourth-order valence-electron chi connectivity index (χ4n) is 4.07. The first-order valence-corrected chi connectivity index (χ1v) is 11.9. The molecule has 4 rings (SSSR count). The summed E-state index contributed by atoms with van der Waals surface area (Å²) in [6.07, 6.45) is 2.27. The van der Waals surface area contributed by atoms with Crippen LogP contribution in [0.15, 0.2) is 47.8 Å². The molecule has 2 heterocycles. The Kier molecular flexibility index (Phi) is 6.42. The molecule has 0 aliphatic carbocycles. The van der Waals surface area contributed by atoms with Crippen LogP contribution >= 0.6 is 11.3 Å². The van der Waals surface area contributed by atoms with Gasteiger partial charge in [-0.05, 0) is 43.0 Å². The molecule has 1 aliphatic rings. The van der Waals surface area contributed by atoms with Gasteiger partial charge in [0.1, 0.15) is 0 Å². The van der Waals surface area contributed by atoms with Crippen LogP contribution < -0.4 is 9.80 Å². The highest BCUT2D eigenvalue weighted by Crippen LogP contribution is 2.34. The quantitative estimate of drug-likeness (QED) is 0.536. The highest BCUT2D eigenvalue weighted by Gasteiger charge is 2.25. The van der Waals surface area contributed by atoms with E-state index in [-0.39, 0.29) is 17.7 Å². The predicted molar refractivity (Wildman–Crippen MR) is 131 cm³/mol. The average molecular weight is 448 g/mol. The van der Waals surface area contributed by atoms with Crippen LogP contribution in [0.25, 0.3) is 11.3 Å². The van der Waals surface area contributed by atoms with Crippen molar-refractivity contribution in [3.05, 3.63) is 64.5 Å². The van der Waals surface area contributed by atoms with Crippen molar-refractivity contribution in [2.24, 2.45) is 5.92 Å². The van der Waals surface area contributed by atoms with Crippen LogP contribution in [-0.4, -0.2) is 30.4 Å². The predicted octanol–water partition coefficient (Wildman–Crippen LogP) is 5.26. The Morgan fingerprint density at radius 3 is 2.75 bits per heavy atom. The van der Waals surface area contributed by atoms with Gasteiger partial charge >= 0.3 is 0 Å². The van der Waals surface area contributed by atoms with Crippen molar-refractivity contribution in [3.63, 3.8) is 0 Å². The van der Waals surface area contributed by atoms with Crippen LogP contribution in [0.3, 0.4) is 0 Å². The lowest BCUT2D eigenvalue weighted by Crippen LogP contribution is -2.38. The van der Waals surface area contributed by atoms with E-state index in [1.165, 1.54) is 16.9 Å². The molecule has 5 nitrogen and oxygen atoms in total. The summed E-state index contributed by atoms with van der Waals surface area (Å²) in [4.78, 5) is 33.6. The number of amides is 2. The third-order valence-electron chi connectivity index (χ3n) is 5.84. The fraction of sp³-hybridized carbons (Fsp3) is 0.346. The Morgan fingerprint density at radius 2 is 2.00 bits per heavy atom. The molecule has 0 fully saturated rings. The molecule has 3 aromatic rings. The van der Waals surface area contributed by atoms with Crippen LogP contribution in [0, 0.1) is 12.8 Å². The molecule has 6 heteroatoms. The van der Waals surface area contributed by atoms with Gasteiger partial charge in [0.25, 0.3) is 0 Å². The van der Waals surface area contributed by atoms with Crippen molar-refractivity contribution in [2.75, 3.05) is 23.4 Å². The Hall–Kier alpha value is -2.99. The van der Waals surface area contributed by atoms with Crippen molar-refractivity contribution >= 4 is 34.0 Å². The molecular formula is C26H29N3O2S. The summed E-state index contributed by atoms with van der Waals surface area (Å²) in [6, 6.07) is 14.2. The minimum Gasteiger partial charge on any atom is -0.312 e. The molecule has 0 N–H and O–H groups in total. The highest BCUT2D eigenvalue weighted by molar-refractivity contribution is 7.14. The minimum atomic E-state index is -0.0189. The van der Waals surface area contributed by atoms with Crippen molar-refractivity contribution < 1.29 is 9.59 Å². The summed E-state index contributed by atoms with van der Waals surface area (Å²) < 4.78 is 0. The summed E-state index contributed by atoms with van der Waals surface area (Å²) in [5.74, 6) is 0.169. The molecule has 2 aromatic carbocycles. The molecule has 0 bridgehead atoms. The van der Waals surface area contributed by atoms with Crippen LogP contribution in [0.4, 0.5) is 10.8 Å². The number of rotatable bonds is 5. The highest BCUT2D eigenvalue weighted by atomic mass is 32.1. The lowest BCUT2D eigenvalue weighted by molar-refractivity contribution is -0.121. The molecule has 1 aromatic heterocycles. The van der Waals surface area contributed by atoms with E-state index in [0.29, 0.717) is 11.6 Å². The van der Waals surface area contributed by atoms with E-state index in [9.17, 15) is 9.59 Å². The maximum absolute atomic E-state index is 12.8. The Morgan fingerprint density at radius 1 is 1.19 bits per heavy atom. The van der Waals surface area contributed by atoms with Gasteiger partial charge in [0.15, 0.2) is 5.13 Å². The molecule has 32 heavy (non-hydrogen) atoms. The molecule has 166 valence electrons. The summed E-state index contributed by atoms with van der Waals surface area (Å²) in [5, 5.41) is 2.68. The second-order valence-electron chi connectivity index (χ2n) is 8.73. The standard InChI is InChI=1S/C26H29N3O2S/c1-17(2)25(31)29-12-6-9-21-15-20(10-11-23(21)29)22-16-32-26(27-22)28(4)24(30)14-19-8-5-7-18(3)13-19/h5,7-8,10-11,13,15-17H,6,9,12,14H2,1-4H3. The van der Waals surface area contributed by atoms with Gasteiger partial charge < -0.3 is 4.90 Å². The van der Waals surface area contributed by atoms with Crippen LogP contribution in [0.2, 0.25) is 0 Å². The van der Waals surface area contributed by atoms with Crippen LogP contribution in [0.1, 0.15) is 37.0 Å². The zero-order valence-electron chi connectivity index (χ0n) is 19.1. The lowest BCUT2D eigenvalue weighted by Gasteiger charge is -2.31. The number of anilines is 2. The second-order valence-corrected chi connectivity index (χ2v) is 9.56. The second kappa shape index (κ2) is 9.25. The van der Waals surface area contributed by atoms with Crippen molar-refractivity contribution in [1.29, 1.82) is 0 Å². The number of thiazole rings is 1. The number of likely N-dealkylation sites (N-methyl/N-ethyl adjacent to an activating group) is 1. The van der Waals surface area contributed by atoms with Crippen LogP contribution in [-0.2, 0) is 22.4 Å². The minimum absolute atomic E-state index is 0.0183. The van der Waals surface area contributed by atoms with Gasteiger partial charge in [0.05, 0.1) is 12.1 Å². The van der Waals surface area contributed by atoms with E-state index in [4.69, 9.17) is 4.98 Å². The van der Waals surface area contributed by atoms with E-state index in [1.807, 2.05) is 67.4 Å². The van der Waals surface area contributed by atoms with E-state index >= 15 is 0 Å². The van der Waals surface area contributed by atoms with E-state index in [1.54, 1.807) is 11.9 Å². The van der Waals surface area contributed by atoms with E-state index in [2.05, 4.69) is 6.07 Å². The van der Waals surface area contributed by atoms with Gasteiger partial charge in [-0.25, -0.2) is 4.98 Å². The summed E-state index contributed by atoms with van der Waals surface area (Å²) in [7, 11) is 1.78. The van der Waals surface area contributed by atoms with Crippen LogP contribution in [0.5, 0.6) is 0 Å². The van der Waals surface area contributed by atoms with E-state index < -0.39 is 0 Å². The lowest BCUT2D eigenvalue weighted by atomic mass is 9.97. The first kappa shape index (κ1) is 22.2. The zero-order valence-corrected chi connectivity index (χ0v) is 19.9. The molecular weight excluding hydrogens is 418 g/mol. The molecule has 2 amide bonds. The van der Waals surface area contributed by atoms with E-state index in [0.717, 1.165) is 47.5 Å². The normalized spacial score (nSPS) is 13.2.